The third-order valence-corrected chi connectivity index (χ3v) is 31.2. The summed E-state index contributed by atoms with van der Waals surface area (Å²) in [5.74, 6) is 4.04. The van der Waals surface area contributed by atoms with Crippen molar-refractivity contribution in [2.24, 2.45) is 5.92 Å². The molecule has 0 radical (unpaired) electrons. The molecule has 9 amide bonds. The molecule has 656 valence electrons. The maximum absolute atomic E-state index is 11.7. The minimum Gasteiger partial charge on any atom is -0.453 e. The molecule has 0 unspecified atom stereocenters. The van der Waals surface area contributed by atoms with Gasteiger partial charge in [0, 0.05) is 130 Å². The number of aromatic nitrogens is 16. The summed E-state index contributed by atoms with van der Waals surface area (Å²) < 4.78 is 10.6. The van der Waals surface area contributed by atoms with Crippen LogP contribution in [0.3, 0.4) is 0 Å². The fourth-order valence-corrected chi connectivity index (χ4v) is 23.8. The van der Waals surface area contributed by atoms with Gasteiger partial charge in [0.2, 0.25) is 35.4 Å². The Balaban J connectivity index is 0.000000127. The molecule has 13 aliphatic rings. The molecule has 35 nitrogen and oxygen atoms in total. The van der Waals surface area contributed by atoms with E-state index in [1.54, 1.807) is 176 Å². The fourth-order valence-electron chi connectivity index (χ4n) is 18.0. The van der Waals surface area contributed by atoms with Crippen LogP contribution < -0.4 is 47.9 Å². The first-order valence-corrected chi connectivity index (χ1v) is 48.8. The number of amides is 9. The van der Waals surface area contributed by atoms with Gasteiger partial charge < -0.3 is 57.3 Å². The number of hydrogen-bond acceptors (Lipinski definition) is 34. The fraction of sp³-hybridized carbons (Fsp3) is 0.692. The third-order valence-electron chi connectivity index (χ3n) is 24.2. The predicted molar refractivity (Wildman–Crippen MR) is 461 cm³/mol. The van der Waals surface area contributed by atoms with E-state index in [1.807, 2.05) is 0 Å². The molecule has 21 rings (SSSR count). The van der Waals surface area contributed by atoms with Crippen LogP contribution in [0.1, 0.15) is 296 Å². The van der Waals surface area contributed by atoms with Crippen molar-refractivity contribution in [1.82, 2.24) is 129 Å². The van der Waals surface area contributed by atoms with Gasteiger partial charge >= 0.3 is 12.1 Å². The number of alkyl carbamates (subject to hydrolysis) is 1. The highest BCUT2D eigenvalue weighted by molar-refractivity contribution is 7.11. The molecule has 2 saturated heterocycles. The second-order valence-electron chi connectivity index (χ2n) is 33.3. The molecule has 0 aromatic carbocycles. The van der Waals surface area contributed by atoms with Crippen LogP contribution in [0.5, 0.6) is 0 Å². The molecule has 11 aliphatic carbocycles. The number of fused-ring (bicyclic) bond motifs is 3. The van der Waals surface area contributed by atoms with E-state index in [2.05, 4.69) is 134 Å². The molecule has 11 saturated carbocycles. The lowest BCUT2D eigenvalue weighted by atomic mass is 9.39. The molecule has 121 heavy (non-hydrogen) atoms. The number of ether oxygens (including phenoxy) is 2. The van der Waals surface area contributed by atoms with Crippen molar-refractivity contribution in [3.63, 3.8) is 0 Å². The van der Waals surface area contributed by atoms with Gasteiger partial charge in [-0.1, -0.05) is 0 Å². The molecule has 4 atom stereocenters. The Bertz CT molecular complexity index is 4290. The Morgan fingerprint density at radius 1 is 0.355 bits per heavy atom. The third kappa shape index (κ3) is 26.9. The first-order valence-electron chi connectivity index (χ1n) is 41.7. The average molecular weight is 1820 g/mol. The largest absolute Gasteiger partial charge is 0.453 e. The Morgan fingerprint density at radius 3 is 1.04 bits per heavy atom. The SMILES string of the molecule is CC(=O)NC12CC(c3nncs3)(C1)C2.CC(=O)NC12CCC(c3nncs3)(CC1)OC2.CC(=O)NC1CC(c2nncs2)C1.CC(=O)N[C@@H]1CC[C@H](c2nncs2)C1.CC(=O)N[C@H]1CC[C@H](c2nncs2)C1.CNC(=O)NC1CCC(c2nncs2)CC1.COC(=O)NC1CCC(c2nncs2)CC1.O=C(NC1CCC(c2nncs2)CC1)C1CC1. The van der Waals surface area contributed by atoms with Crippen molar-refractivity contribution in [3.8, 4) is 0 Å². The van der Waals surface area contributed by atoms with E-state index in [0.29, 0.717) is 78.2 Å². The standard InChI is InChI=1S/C12H17N3OS.C11H15N3O2S.C10H16N4OS.C10H15N3O2S.C9H11N3OS.2C9H13N3OS.C8H11N3OS/c16-11(8-1-2-8)14-10-5-3-9(4-6-10)12-15-13-7-17-12;1-8(15)13-10-2-4-11(5-3-10,16-6-10)9-14-12-7-17-9;1-11-10(15)13-8-4-2-7(3-5-8)9-14-12-6-16-9;1-15-10(14)12-8-4-2-7(3-5-8)9-13-11-6-16-9;1-6(13)11-9-2-8(3-9,4-9)7-12-10-5-14-7;2*1-6(13)11-8-3-2-7(4-8)9-12-10-5-14-9;1-5(12)10-7-2-6(3-7)8-11-9-4-13-8/h7-10H,1-6H2,(H,14,16);7H,2-6H2,1H3,(H,13,15);6-8H,2-5H2,1H3,(H2,11,13,15);6-8H,2-5H2,1H3,(H,12,14);5H,2-4H2,1H3,(H,11,13);2*5,7-8H,2-4H2,1H3,(H,11,13);4,6-7H,2-3H2,1H3,(H,10,12)/t;;;;;7-,8+;7-,8-;/m.....00./s1. The summed E-state index contributed by atoms with van der Waals surface area (Å²) in [6.07, 6.45) is 29.9. The number of carbonyl (C=O) groups excluding carboxylic acids is 8. The minimum absolute atomic E-state index is 0.0268. The van der Waals surface area contributed by atoms with Crippen LogP contribution >= 0.6 is 90.7 Å². The predicted octanol–water partition coefficient (Wildman–Crippen LogP) is 11.1. The summed E-state index contributed by atoms with van der Waals surface area (Å²) in [5, 5.41) is 98.9. The lowest BCUT2D eigenvalue weighted by Crippen LogP contribution is -2.76. The highest BCUT2D eigenvalue weighted by Crippen LogP contribution is 2.68. The van der Waals surface area contributed by atoms with Crippen LogP contribution in [0.25, 0.3) is 0 Å². The molecule has 8 aromatic rings. The minimum atomic E-state index is -0.334. The Morgan fingerprint density at radius 2 is 0.694 bits per heavy atom. The Labute approximate surface area is 735 Å². The van der Waals surface area contributed by atoms with Crippen LogP contribution in [-0.4, -0.2) is 197 Å². The topological polar surface area (TPSA) is 470 Å². The van der Waals surface area contributed by atoms with Crippen LogP contribution in [0.2, 0.25) is 0 Å². The average Bonchev–Trinajstić information content (AvgIpc) is 1.31. The van der Waals surface area contributed by atoms with Gasteiger partial charge in [-0.3, -0.25) is 28.8 Å². The summed E-state index contributed by atoms with van der Waals surface area (Å²) in [6, 6.07) is 1.89. The molecule has 0 spiro atoms. The number of urea groups is 1. The molecule has 2 aliphatic heterocycles. The molecular formula is C78H111N25O10S8. The molecule has 13 fully saturated rings. The van der Waals surface area contributed by atoms with Gasteiger partial charge in [-0.2, -0.15) is 0 Å². The number of nitrogens with one attached hydrogen (secondary N) is 9. The molecule has 9 N–H and O–H groups in total. The van der Waals surface area contributed by atoms with E-state index in [1.165, 1.54) is 7.11 Å². The molecule has 43 heteroatoms. The Kier molecular flexibility index (Phi) is 33.8. The van der Waals surface area contributed by atoms with Gasteiger partial charge in [0.25, 0.3) is 0 Å². The van der Waals surface area contributed by atoms with Crippen molar-refractivity contribution >= 4 is 138 Å². The van der Waals surface area contributed by atoms with E-state index in [9.17, 15) is 38.4 Å². The molecular weight excluding hydrogens is 1700 g/mol. The van der Waals surface area contributed by atoms with Crippen LogP contribution in [0.15, 0.2) is 44.1 Å². The quantitative estimate of drug-likeness (QED) is 0.0409. The van der Waals surface area contributed by atoms with E-state index in [4.69, 9.17) is 4.74 Å². The van der Waals surface area contributed by atoms with Gasteiger partial charge in [-0.15, -0.1) is 172 Å². The second-order valence-corrected chi connectivity index (χ2v) is 40.2. The molecule has 8 aromatic heterocycles. The Hall–Kier alpha value is -8.20. The van der Waals surface area contributed by atoms with Crippen molar-refractivity contribution in [1.29, 1.82) is 0 Å². The maximum atomic E-state index is 11.7. The van der Waals surface area contributed by atoms with Crippen molar-refractivity contribution < 1.29 is 47.8 Å². The second kappa shape index (κ2) is 44.4. The highest BCUT2D eigenvalue weighted by atomic mass is 32.1. The number of nitrogens with zero attached hydrogens (tertiary/aromatic N) is 16. The molecule has 4 bridgehead atoms. The first-order chi connectivity index (χ1) is 58.5. The van der Waals surface area contributed by atoms with Gasteiger partial charge in [0.15, 0.2) is 0 Å². The zero-order chi connectivity index (χ0) is 85.4. The van der Waals surface area contributed by atoms with Crippen LogP contribution in [-0.2, 0) is 49.3 Å². The maximum Gasteiger partial charge on any atom is 0.407 e. The van der Waals surface area contributed by atoms with Gasteiger partial charge in [-0.05, 0) is 186 Å². The number of carbonyl (C=O) groups is 8. The smallest absolute Gasteiger partial charge is 0.407 e. The van der Waals surface area contributed by atoms with Crippen molar-refractivity contribution in [2.75, 3.05) is 20.8 Å². The van der Waals surface area contributed by atoms with Gasteiger partial charge in [0.05, 0.1) is 19.3 Å². The van der Waals surface area contributed by atoms with E-state index in [0.717, 1.165) is 226 Å². The van der Waals surface area contributed by atoms with Gasteiger partial charge in [-0.25, -0.2) is 9.59 Å². The van der Waals surface area contributed by atoms with E-state index >= 15 is 0 Å². The summed E-state index contributed by atoms with van der Waals surface area (Å²) in [6.45, 7) is 8.43. The first kappa shape index (κ1) is 92.0. The summed E-state index contributed by atoms with van der Waals surface area (Å²) in [7, 11) is 3.03. The van der Waals surface area contributed by atoms with Crippen LogP contribution in [0.4, 0.5) is 9.59 Å². The number of rotatable bonds is 17. The summed E-state index contributed by atoms with van der Waals surface area (Å²) >= 11 is 12.9. The summed E-state index contributed by atoms with van der Waals surface area (Å²) in [4.78, 5) is 88.4. The molecule has 10 heterocycles. The number of methoxy groups -OCH3 is 1. The van der Waals surface area contributed by atoms with Crippen molar-refractivity contribution in [3.05, 3.63) is 84.1 Å². The zero-order valence-electron chi connectivity index (χ0n) is 69.3. The van der Waals surface area contributed by atoms with E-state index in [-0.39, 0.29) is 75.7 Å². The van der Waals surface area contributed by atoms with Crippen molar-refractivity contribution in [2.45, 2.75) is 315 Å². The lowest BCUT2D eigenvalue weighted by molar-refractivity contribution is -0.171. The van der Waals surface area contributed by atoms with Gasteiger partial charge in [0.1, 0.15) is 89.7 Å². The highest BCUT2D eigenvalue weighted by Gasteiger charge is 2.70. The van der Waals surface area contributed by atoms with Crippen LogP contribution in [0, 0.1) is 5.92 Å². The number of hydrogen-bond donors (Lipinski definition) is 9. The van der Waals surface area contributed by atoms with E-state index < -0.39 is 0 Å². The normalized spacial score (nSPS) is 29.1. The summed E-state index contributed by atoms with van der Waals surface area (Å²) in [5.41, 5.74) is 14.2. The monoisotopic (exact) mass is 1810 g/mol. The zero-order valence-corrected chi connectivity index (χ0v) is 75.9. The lowest BCUT2D eigenvalue weighted by Gasteiger charge is -2.69.